The first-order valence-electron chi connectivity index (χ1n) is 38.1. The molecule has 0 unspecified atom stereocenters. The lowest BCUT2D eigenvalue weighted by molar-refractivity contribution is 0.591. The summed E-state index contributed by atoms with van der Waals surface area (Å²) in [5.41, 5.74) is 28.3. The molecular weight excluding hydrogens is 1190 g/mol. The summed E-state index contributed by atoms with van der Waals surface area (Å²) in [6, 6.07) is 104. The Balaban J connectivity index is 0.996. The summed E-state index contributed by atoms with van der Waals surface area (Å²) in [4.78, 5) is 4.89. The third-order valence-electron chi connectivity index (χ3n) is 21.4. The largest absolute Gasteiger partial charge is 0.310 e. The smallest absolute Gasteiger partial charge is 0.252 e. The van der Waals surface area contributed by atoms with Crippen molar-refractivity contribution < 1.29 is 11.0 Å². The van der Waals surface area contributed by atoms with Crippen LogP contribution < -0.4 is 26.2 Å². The van der Waals surface area contributed by atoms with Crippen LogP contribution in [0.25, 0.3) is 105 Å². The third kappa shape index (κ3) is 8.33. The number of nitrogens with zero attached hydrogens (tertiary/aromatic N) is 3. The minimum atomic E-state index is -0.696. The molecule has 2 aliphatic carbocycles. The van der Waals surface area contributed by atoms with Gasteiger partial charge in [0, 0.05) is 55.8 Å². The fraction of sp³-hybridized carbons (Fsp3) is 0.0526. The SMILES string of the molecule is [2H]c1c([2H])c([2H])c2c(c1[2H])c1c([2H])c([2H])c([2H])c([2H])c1n2-c1cc2c3c(c1)N(c1c(-c4ccccc4)cccc1-c1ccccc1)c1cc(-c4cccc5c4C4(c6ccccc6-c6ccccc64)c4ccccc4-5)ccc1B3c1cc(C(C)(C)C)ccc1N2c1c(-c2ccccc2)cccc1-c1ccccc1. The van der Waals surface area contributed by atoms with Gasteiger partial charge < -0.3 is 14.4 Å². The molecule has 0 amide bonds. The molecule has 0 N–H and O–H groups in total. The molecule has 99 heavy (non-hydrogen) atoms. The zero-order chi connectivity index (χ0) is 72.6. The second-order valence-corrected chi connectivity index (χ2v) is 27.6. The van der Waals surface area contributed by atoms with E-state index >= 15 is 0 Å². The van der Waals surface area contributed by atoms with Gasteiger partial charge in [0.2, 0.25) is 0 Å². The molecule has 4 aliphatic rings. The van der Waals surface area contributed by atoms with Gasteiger partial charge in [0.15, 0.2) is 0 Å². The molecule has 20 rings (SSSR count). The van der Waals surface area contributed by atoms with Gasteiger partial charge in [-0.2, -0.15) is 0 Å². The van der Waals surface area contributed by atoms with Gasteiger partial charge in [-0.05, 0) is 142 Å². The number of hydrogen-bond acceptors (Lipinski definition) is 2. The number of anilines is 6. The zero-order valence-electron chi connectivity index (χ0n) is 62.7. The van der Waals surface area contributed by atoms with Crippen molar-refractivity contribution in [1.29, 1.82) is 0 Å². The summed E-state index contributed by atoms with van der Waals surface area (Å²) < 4.78 is 79.1. The maximum atomic E-state index is 10.1. The van der Waals surface area contributed by atoms with Crippen molar-refractivity contribution in [2.24, 2.45) is 0 Å². The number of aromatic nitrogens is 1. The molecular formula is C95H66BN3. The van der Waals surface area contributed by atoms with E-state index in [9.17, 15) is 11.0 Å². The van der Waals surface area contributed by atoms with E-state index in [-0.39, 0.29) is 39.3 Å². The first-order chi connectivity index (χ1) is 52.1. The molecule has 0 bridgehead atoms. The number of para-hydroxylation sites is 4. The van der Waals surface area contributed by atoms with Gasteiger partial charge in [-0.1, -0.05) is 330 Å². The van der Waals surface area contributed by atoms with Crippen LogP contribution in [-0.2, 0) is 10.8 Å². The maximum absolute atomic E-state index is 10.1. The lowest BCUT2D eigenvalue weighted by Crippen LogP contribution is -2.61. The molecule has 4 heteroatoms. The van der Waals surface area contributed by atoms with Gasteiger partial charge in [0.25, 0.3) is 6.71 Å². The van der Waals surface area contributed by atoms with E-state index in [2.05, 4.69) is 304 Å². The third-order valence-corrected chi connectivity index (χ3v) is 21.4. The van der Waals surface area contributed by atoms with Crippen molar-refractivity contribution in [3.05, 3.63) is 373 Å². The quantitative estimate of drug-likeness (QED) is 0.141. The Morgan fingerprint density at radius 3 is 1.20 bits per heavy atom. The molecule has 2 aliphatic heterocycles. The lowest BCUT2D eigenvalue weighted by Gasteiger charge is -2.46. The number of hydrogen-bond donors (Lipinski definition) is 0. The molecule has 3 heterocycles. The van der Waals surface area contributed by atoms with E-state index in [1.165, 1.54) is 44.5 Å². The van der Waals surface area contributed by atoms with Crippen molar-refractivity contribution in [2.45, 2.75) is 31.6 Å². The van der Waals surface area contributed by atoms with Crippen molar-refractivity contribution in [3.63, 3.8) is 0 Å². The van der Waals surface area contributed by atoms with Crippen LogP contribution in [0, 0.1) is 0 Å². The van der Waals surface area contributed by atoms with Crippen molar-refractivity contribution in [3.8, 4) is 83.6 Å². The van der Waals surface area contributed by atoms with E-state index in [1.807, 2.05) is 24.3 Å². The van der Waals surface area contributed by atoms with Gasteiger partial charge in [0.1, 0.15) is 0 Å². The molecule has 0 fully saturated rings. The number of benzene rings is 15. The van der Waals surface area contributed by atoms with E-state index in [1.54, 1.807) is 4.57 Å². The van der Waals surface area contributed by atoms with Gasteiger partial charge in [-0.3, -0.25) is 0 Å². The molecule has 1 aromatic heterocycles. The highest BCUT2D eigenvalue weighted by atomic mass is 15.2. The standard InChI is InChI=1S/C95H66BN3/c1-94(2,3)66-54-56-86-83(58-66)96-82-55-53-65(68-42-26-47-78-75-39-18-23-50-81(75)95(90(68)78)79-48-21-16-37-73(79)74-38-17-22-49-80(74)95)57-87(82)99(93-71(63-33-12-6-13-34-63)45-28-46-72(93)64-35-14-7-15-36-64)89-60-67(97-84-51-24-19-40-76(84)77-41-20-25-52-85(77)97)59-88(91(89)96)98(86)92-69(61-29-8-4-9-30-61)43-27-44-70(92)62-31-10-5-11-32-62/h4-60H,1-3H3/i19D,20D,24D,25D,40D,41D,51D,52D. The van der Waals surface area contributed by atoms with Gasteiger partial charge in [-0.25, -0.2) is 0 Å². The Morgan fingerprint density at radius 2 is 0.727 bits per heavy atom. The van der Waals surface area contributed by atoms with Crippen molar-refractivity contribution in [1.82, 2.24) is 4.57 Å². The van der Waals surface area contributed by atoms with Gasteiger partial charge >= 0.3 is 0 Å². The Hall–Kier alpha value is -12.2. The second-order valence-electron chi connectivity index (χ2n) is 27.6. The van der Waals surface area contributed by atoms with Crippen LogP contribution in [-0.4, -0.2) is 11.3 Å². The number of rotatable bonds is 8. The van der Waals surface area contributed by atoms with Crippen molar-refractivity contribution in [2.75, 3.05) is 9.80 Å². The zero-order valence-corrected chi connectivity index (χ0v) is 54.7. The average molecular weight is 1270 g/mol. The molecule has 0 saturated heterocycles. The fourth-order valence-electron chi connectivity index (χ4n) is 17.3. The van der Waals surface area contributed by atoms with Crippen LogP contribution in [0.2, 0.25) is 0 Å². The second kappa shape index (κ2) is 21.9. The molecule has 15 aromatic carbocycles. The van der Waals surface area contributed by atoms with E-state index < -0.39 is 48.4 Å². The van der Waals surface area contributed by atoms with E-state index in [0.717, 1.165) is 112 Å². The average Bonchev–Trinajstić information content (AvgIpc) is 1.63. The Labute approximate surface area is 589 Å². The predicted molar refractivity (Wildman–Crippen MR) is 417 cm³/mol. The molecule has 0 saturated carbocycles. The van der Waals surface area contributed by atoms with Gasteiger partial charge in [-0.15, -0.1) is 0 Å². The first kappa shape index (κ1) is 49.3. The normalized spacial score (nSPS) is 14.6. The summed E-state index contributed by atoms with van der Waals surface area (Å²) in [6.45, 7) is 6.32. The van der Waals surface area contributed by atoms with Crippen LogP contribution in [0.4, 0.5) is 34.1 Å². The summed E-state index contributed by atoms with van der Waals surface area (Å²) in [7, 11) is 0. The van der Waals surface area contributed by atoms with E-state index in [0.29, 0.717) is 5.69 Å². The van der Waals surface area contributed by atoms with Crippen LogP contribution >= 0.6 is 0 Å². The molecule has 464 valence electrons. The van der Waals surface area contributed by atoms with Crippen LogP contribution in [0.15, 0.2) is 346 Å². The van der Waals surface area contributed by atoms with Gasteiger partial charge in [0.05, 0.1) is 44.5 Å². The molecule has 1 spiro atoms. The van der Waals surface area contributed by atoms with Crippen molar-refractivity contribution >= 4 is 79.0 Å². The van der Waals surface area contributed by atoms with Crippen LogP contribution in [0.3, 0.4) is 0 Å². The highest BCUT2D eigenvalue weighted by Crippen LogP contribution is 2.65. The van der Waals surface area contributed by atoms with Crippen LogP contribution in [0.5, 0.6) is 0 Å². The Morgan fingerprint density at radius 1 is 0.323 bits per heavy atom. The topological polar surface area (TPSA) is 11.4 Å². The van der Waals surface area contributed by atoms with Crippen LogP contribution in [0.1, 0.15) is 59.6 Å². The molecule has 3 nitrogen and oxygen atoms in total. The fourth-order valence-corrected chi connectivity index (χ4v) is 17.3. The highest BCUT2D eigenvalue weighted by Gasteiger charge is 2.53. The minimum absolute atomic E-state index is 0.00426. The highest BCUT2D eigenvalue weighted by molar-refractivity contribution is 7.00. The minimum Gasteiger partial charge on any atom is -0.310 e. The predicted octanol–water partition coefficient (Wildman–Crippen LogP) is 22.8. The maximum Gasteiger partial charge on any atom is 0.252 e. The summed E-state index contributed by atoms with van der Waals surface area (Å²) in [6.07, 6.45) is 0. The molecule has 0 radical (unpaired) electrons. The first-order valence-corrected chi connectivity index (χ1v) is 34.1. The molecule has 16 aromatic rings. The summed E-state index contributed by atoms with van der Waals surface area (Å²) in [5.74, 6) is 0. The monoisotopic (exact) mass is 1270 g/mol. The lowest BCUT2D eigenvalue weighted by atomic mass is 9.33. The molecule has 0 atom stereocenters. The summed E-state index contributed by atoms with van der Waals surface area (Å²) in [5, 5.41) is -0.00853. The Bertz CT molecular complexity index is 6230. The Kier molecular flexibility index (Phi) is 10.9. The van der Waals surface area contributed by atoms with E-state index in [4.69, 9.17) is 0 Å². The summed E-state index contributed by atoms with van der Waals surface area (Å²) >= 11 is 0. The number of fused-ring (bicyclic) bond motifs is 17.